The maximum absolute atomic E-state index is 13.3. The van der Waals surface area contributed by atoms with E-state index in [-0.39, 0.29) is 18.5 Å². The zero-order valence-corrected chi connectivity index (χ0v) is 21.5. The Morgan fingerprint density at radius 3 is 2.00 bits per heavy atom. The zero-order valence-electron chi connectivity index (χ0n) is 21.5. The van der Waals surface area contributed by atoms with Gasteiger partial charge in [-0.3, -0.25) is 4.79 Å². The minimum Gasteiger partial charge on any atom is -0.399 e. The van der Waals surface area contributed by atoms with E-state index >= 15 is 0 Å². The van der Waals surface area contributed by atoms with Gasteiger partial charge in [0.1, 0.15) is 7.11 Å². The maximum Gasteiger partial charge on any atom is 0.416 e. The molecule has 2 aromatic carbocycles. The first-order valence-electron chi connectivity index (χ1n) is 11.4. The first kappa shape index (κ1) is 29.9. The quantitative estimate of drug-likeness (QED) is 0.154. The normalized spacial score (nSPS) is 13.2. The highest BCUT2D eigenvalue weighted by atomic mass is 19.4. The van der Waals surface area contributed by atoms with Crippen molar-refractivity contribution in [2.75, 3.05) is 20.7 Å². The molecule has 1 amide bonds. The Morgan fingerprint density at radius 2 is 1.54 bits per heavy atom. The van der Waals surface area contributed by atoms with Crippen LogP contribution in [0.4, 0.5) is 26.3 Å². The molecule has 0 saturated carbocycles. The van der Waals surface area contributed by atoms with Crippen LogP contribution < -0.4 is 0 Å². The number of carbonyl (C=O) groups is 1. The third-order valence-corrected chi connectivity index (χ3v) is 5.89. The number of hydrogen-bond acceptors (Lipinski definition) is 3. The molecule has 0 heterocycles. The monoisotopic (exact) mass is 528 g/mol. The van der Waals surface area contributed by atoms with Crippen molar-refractivity contribution in [3.8, 4) is 0 Å². The van der Waals surface area contributed by atoms with Crippen LogP contribution >= 0.6 is 0 Å². The van der Waals surface area contributed by atoms with Gasteiger partial charge < -0.3 is 9.74 Å². The highest BCUT2D eigenvalue weighted by Gasteiger charge is 2.38. The molecule has 0 aliphatic carbocycles. The van der Waals surface area contributed by atoms with Gasteiger partial charge >= 0.3 is 12.4 Å². The Morgan fingerprint density at radius 1 is 0.973 bits per heavy atom. The third kappa shape index (κ3) is 8.10. The van der Waals surface area contributed by atoms with Crippen LogP contribution in [-0.2, 0) is 17.2 Å². The van der Waals surface area contributed by atoms with Crippen molar-refractivity contribution in [3.63, 3.8) is 0 Å². The molecule has 0 bridgehead atoms. The van der Waals surface area contributed by atoms with Crippen molar-refractivity contribution < 1.29 is 36.0 Å². The number of aryl methyl sites for hydroxylation is 2. The van der Waals surface area contributed by atoms with Gasteiger partial charge in [-0.25, -0.2) is 0 Å². The molecular weight excluding hydrogens is 498 g/mol. The van der Waals surface area contributed by atoms with Gasteiger partial charge in [-0.1, -0.05) is 35.0 Å². The second kappa shape index (κ2) is 11.8. The summed E-state index contributed by atoms with van der Waals surface area (Å²) in [5.41, 5.74) is 0.588. The Labute approximate surface area is 212 Å². The average Bonchev–Trinajstić information content (AvgIpc) is 2.79. The summed E-state index contributed by atoms with van der Waals surface area (Å²) < 4.78 is 79.7. The molecule has 10 heteroatoms. The summed E-state index contributed by atoms with van der Waals surface area (Å²) in [6, 6.07) is 6.68. The van der Waals surface area contributed by atoms with Crippen molar-refractivity contribution >= 4 is 11.6 Å². The van der Waals surface area contributed by atoms with Crippen molar-refractivity contribution in [3.05, 3.63) is 81.4 Å². The predicted molar refractivity (Wildman–Crippen MR) is 131 cm³/mol. The van der Waals surface area contributed by atoms with Crippen LogP contribution in [0.25, 0.3) is 0 Å². The van der Waals surface area contributed by atoms with Crippen molar-refractivity contribution in [1.82, 2.24) is 4.90 Å². The highest BCUT2D eigenvalue weighted by Crippen LogP contribution is 2.36. The minimum atomic E-state index is -5.06. The highest BCUT2D eigenvalue weighted by molar-refractivity contribution is 5.99. The van der Waals surface area contributed by atoms with E-state index in [1.807, 2.05) is 52.0 Å². The number of halogens is 6. The number of hydrogen-bond donors (Lipinski definition) is 0. The van der Waals surface area contributed by atoms with E-state index in [4.69, 9.17) is 4.84 Å². The Kier molecular flexibility index (Phi) is 9.57. The first-order valence-corrected chi connectivity index (χ1v) is 11.4. The summed E-state index contributed by atoms with van der Waals surface area (Å²) in [7, 11) is 2.61. The lowest BCUT2D eigenvalue weighted by atomic mass is 9.88. The van der Waals surface area contributed by atoms with Crippen molar-refractivity contribution in [2.45, 2.75) is 52.4 Å². The Hall–Kier alpha value is -3.30. The van der Waals surface area contributed by atoms with E-state index in [0.717, 1.165) is 27.2 Å². The molecule has 0 radical (unpaired) electrons. The molecule has 0 aliphatic heterocycles. The van der Waals surface area contributed by atoms with Gasteiger partial charge in [-0.15, -0.1) is 0 Å². The summed E-state index contributed by atoms with van der Waals surface area (Å²) in [6.45, 7) is 7.58. The summed E-state index contributed by atoms with van der Waals surface area (Å²) in [4.78, 5) is 19.1. The maximum atomic E-state index is 13.3. The summed E-state index contributed by atoms with van der Waals surface area (Å²) >= 11 is 0. The summed E-state index contributed by atoms with van der Waals surface area (Å²) in [5, 5.41) is 4.09. The van der Waals surface area contributed by atoms with Gasteiger partial charge in [-0.2, -0.15) is 26.3 Å². The fourth-order valence-electron chi connectivity index (χ4n) is 3.73. The zero-order chi connectivity index (χ0) is 28.1. The smallest absolute Gasteiger partial charge is 0.399 e. The second-order valence-electron chi connectivity index (χ2n) is 9.13. The fraction of sp³-hybridized carbons (Fsp3) is 0.407. The molecule has 0 aromatic heterocycles. The van der Waals surface area contributed by atoms with Crippen LogP contribution in [0.3, 0.4) is 0 Å². The SMILES string of the molecule is CO/N=C(\CN(C)C(=O)c1cc(C(F)(F)F)cc(C(F)(F)F)c1)C(CC=C(C)C)c1ccc(C)c(C)c1. The van der Waals surface area contributed by atoms with Crippen LogP contribution in [0.5, 0.6) is 0 Å². The first-order chi connectivity index (χ1) is 17.0. The van der Waals surface area contributed by atoms with Gasteiger partial charge in [-0.05, 0) is 69.0 Å². The van der Waals surface area contributed by atoms with Crippen LogP contribution in [0.1, 0.15) is 64.4 Å². The lowest BCUT2D eigenvalue weighted by molar-refractivity contribution is -0.143. The molecule has 0 fully saturated rings. The van der Waals surface area contributed by atoms with E-state index in [1.165, 1.54) is 14.2 Å². The number of carbonyl (C=O) groups excluding carboxylic acids is 1. The van der Waals surface area contributed by atoms with E-state index in [9.17, 15) is 31.1 Å². The molecule has 0 saturated heterocycles. The number of alkyl halides is 6. The van der Waals surface area contributed by atoms with Gasteiger partial charge in [0.2, 0.25) is 0 Å². The number of amides is 1. The van der Waals surface area contributed by atoms with Crippen LogP contribution in [-0.4, -0.2) is 37.2 Å². The number of benzene rings is 2. The summed E-state index contributed by atoms with van der Waals surface area (Å²) in [5.74, 6) is -1.36. The number of oxime groups is 1. The molecular formula is C27H30F6N2O2. The Balaban J connectivity index is 2.49. The molecule has 1 atom stereocenters. The number of allylic oxidation sites excluding steroid dienone is 2. The largest absolute Gasteiger partial charge is 0.416 e. The molecule has 0 spiro atoms. The summed E-state index contributed by atoms with van der Waals surface area (Å²) in [6.07, 6.45) is -7.64. The van der Waals surface area contributed by atoms with Crippen LogP contribution in [0, 0.1) is 13.8 Å². The topological polar surface area (TPSA) is 41.9 Å². The van der Waals surface area contributed by atoms with Crippen molar-refractivity contribution in [1.29, 1.82) is 0 Å². The predicted octanol–water partition coefficient (Wildman–Crippen LogP) is 7.56. The molecule has 0 N–H and O–H groups in total. The number of nitrogens with zero attached hydrogens (tertiary/aromatic N) is 2. The number of rotatable bonds is 8. The van der Waals surface area contributed by atoms with Gasteiger partial charge in [0.15, 0.2) is 0 Å². The van der Waals surface area contributed by atoms with Gasteiger partial charge in [0.25, 0.3) is 5.91 Å². The molecule has 37 heavy (non-hydrogen) atoms. The van der Waals surface area contributed by atoms with E-state index < -0.39 is 35.0 Å². The van der Waals surface area contributed by atoms with E-state index in [1.54, 1.807) is 0 Å². The van der Waals surface area contributed by atoms with Gasteiger partial charge in [0.05, 0.1) is 23.4 Å². The van der Waals surface area contributed by atoms with Crippen molar-refractivity contribution in [2.24, 2.45) is 5.16 Å². The molecule has 202 valence electrons. The molecule has 1 unspecified atom stereocenters. The van der Waals surface area contributed by atoms with Crippen LogP contribution in [0.15, 0.2) is 53.2 Å². The average molecular weight is 529 g/mol. The third-order valence-electron chi connectivity index (χ3n) is 5.89. The lowest BCUT2D eigenvalue weighted by Gasteiger charge is -2.24. The standard InChI is InChI=1S/C27H30F6N2O2/c1-16(2)7-10-23(19-9-8-17(3)18(4)11-19)24(34-37-6)15-35(5)25(36)20-12-21(26(28,29)30)14-22(13-20)27(31,32)33/h7-9,11-14,23H,10,15H2,1-6H3/b34-24+. The van der Waals surface area contributed by atoms with Gasteiger partial charge in [0, 0.05) is 18.5 Å². The Bertz CT molecular complexity index is 1150. The molecule has 2 aromatic rings. The van der Waals surface area contributed by atoms with E-state index in [0.29, 0.717) is 24.3 Å². The van der Waals surface area contributed by atoms with Crippen LogP contribution in [0.2, 0.25) is 0 Å². The second-order valence-corrected chi connectivity index (χ2v) is 9.13. The lowest BCUT2D eigenvalue weighted by Crippen LogP contribution is -2.35. The molecule has 2 rings (SSSR count). The minimum absolute atomic E-state index is 0.0102. The molecule has 4 nitrogen and oxygen atoms in total. The fourth-order valence-corrected chi connectivity index (χ4v) is 3.73. The van der Waals surface area contributed by atoms with E-state index in [2.05, 4.69) is 5.16 Å². The molecule has 0 aliphatic rings.